The smallest absolute Gasteiger partial charge is 0.319 e. The maximum Gasteiger partial charge on any atom is 0.319 e. The van der Waals surface area contributed by atoms with E-state index in [9.17, 15) is 9.90 Å². The van der Waals surface area contributed by atoms with Crippen LogP contribution in [-0.4, -0.2) is 30.4 Å². The molecular weight excluding hydrogens is 304 g/mol. The minimum Gasteiger partial charge on any atom is -0.489 e. The summed E-state index contributed by atoms with van der Waals surface area (Å²) in [6.07, 6.45) is 1.51. The molecule has 0 fully saturated rings. The van der Waals surface area contributed by atoms with Crippen molar-refractivity contribution in [3.63, 3.8) is 0 Å². The lowest BCUT2D eigenvalue weighted by Crippen LogP contribution is -2.36. The third-order valence-electron chi connectivity index (χ3n) is 3.27. The van der Waals surface area contributed by atoms with Gasteiger partial charge in [0.05, 0.1) is 6.10 Å². The van der Waals surface area contributed by atoms with Gasteiger partial charge >= 0.3 is 6.03 Å². The van der Waals surface area contributed by atoms with Crippen LogP contribution >= 0.6 is 0 Å². The summed E-state index contributed by atoms with van der Waals surface area (Å²) in [5.41, 5.74) is 1.64. The minimum atomic E-state index is -0.639. The summed E-state index contributed by atoms with van der Waals surface area (Å²) in [4.78, 5) is 11.9. The van der Waals surface area contributed by atoms with Crippen LogP contribution in [0.2, 0.25) is 0 Å². The van der Waals surface area contributed by atoms with Crippen molar-refractivity contribution >= 4 is 11.7 Å². The molecule has 2 aromatic carbocycles. The second-order valence-corrected chi connectivity index (χ2v) is 5.31. The molecule has 0 bridgehead atoms. The van der Waals surface area contributed by atoms with Gasteiger partial charge in [-0.05, 0) is 17.7 Å². The predicted octanol–water partition coefficient (Wildman–Crippen LogP) is 2.98. The summed E-state index contributed by atoms with van der Waals surface area (Å²) in [5, 5.41) is 15.4. The molecule has 24 heavy (non-hydrogen) atoms. The molecule has 2 amide bonds. The number of urea groups is 1. The van der Waals surface area contributed by atoms with Crippen molar-refractivity contribution in [2.45, 2.75) is 12.5 Å². The number of benzene rings is 2. The van der Waals surface area contributed by atoms with Gasteiger partial charge in [0.1, 0.15) is 12.4 Å². The number of ether oxygens (including phenoxy) is 1. The van der Waals surface area contributed by atoms with Crippen molar-refractivity contribution < 1.29 is 14.6 Å². The maximum atomic E-state index is 11.9. The Morgan fingerprint density at radius 2 is 2.00 bits per heavy atom. The highest BCUT2D eigenvalue weighted by Crippen LogP contribution is 2.17. The summed E-state index contributed by atoms with van der Waals surface area (Å²) in [7, 11) is 0. The van der Waals surface area contributed by atoms with Gasteiger partial charge in [-0.1, -0.05) is 49.1 Å². The Hall–Kier alpha value is -2.79. The number of hydrogen-bond acceptors (Lipinski definition) is 3. The molecule has 5 heteroatoms. The highest BCUT2D eigenvalue weighted by atomic mass is 16.5. The Kier molecular flexibility index (Phi) is 6.86. The molecule has 1 atom stereocenters. The molecule has 0 aliphatic rings. The van der Waals surface area contributed by atoms with E-state index < -0.39 is 6.10 Å². The second kappa shape index (κ2) is 9.37. The molecule has 0 radical (unpaired) electrons. The number of hydrogen-bond donors (Lipinski definition) is 3. The van der Waals surface area contributed by atoms with E-state index in [1.807, 2.05) is 30.3 Å². The third-order valence-corrected chi connectivity index (χ3v) is 3.27. The number of aliphatic hydroxyl groups excluding tert-OH is 1. The zero-order chi connectivity index (χ0) is 17.2. The Labute approximate surface area is 142 Å². The number of amides is 2. The number of aliphatic hydroxyl groups is 1. The summed E-state index contributed by atoms with van der Waals surface area (Å²) in [6, 6.07) is 16.4. The summed E-state index contributed by atoms with van der Waals surface area (Å²) in [5.74, 6) is 0.650. The van der Waals surface area contributed by atoms with Crippen molar-refractivity contribution in [1.82, 2.24) is 5.32 Å². The fraction of sp³-hybridized carbons (Fsp3) is 0.211. The van der Waals surface area contributed by atoms with Crippen molar-refractivity contribution in [2.24, 2.45) is 0 Å². The highest BCUT2D eigenvalue weighted by Gasteiger charge is 2.08. The van der Waals surface area contributed by atoms with Gasteiger partial charge in [0, 0.05) is 24.7 Å². The molecular formula is C19H22N2O3. The Bertz CT molecular complexity index is 659. The number of rotatable bonds is 8. The van der Waals surface area contributed by atoms with Crippen molar-refractivity contribution in [3.8, 4) is 5.75 Å². The molecule has 0 aliphatic heterocycles. The van der Waals surface area contributed by atoms with Gasteiger partial charge in [0.15, 0.2) is 0 Å². The first-order valence-corrected chi connectivity index (χ1v) is 7.78. The molecule has 5 nitrogen and oxygen atoms in total. The first kappa shape index (κ1) is 17.6. The first-order valence-electron chi connectivity index (χ1n) is 7.78. The molecule has 2 rings (SSSR count). The van der Waals surface area contributed by atoms with Crippen molar-refractivity contribution in [1.29, 1.82) is 0 Å². The highest BCUT2D eigenvalue weighted by molar-refractivity contribution is 5.89. The van der Waals surface area contributed by atoms with E-state index in [1.54, 1.807) is 30.3 Å². The third kappa shape index (κ3) is 6.14. The quantitative estimate of drug-likeness (QED) is 0.653. The van der Waals surface area contributed by atoms with Crippen LogP contribution in [0.25, 0.3) is 0 Å². The van der Waals surface area contributed by atoms with Crippen LogP contribution in [0.15, 0.2) is 67.3 Å². The lowest BCUT2D eigenvalue weighted by Gasteiger charge is -2.13. The van der Waals surface area contributed by atoms with Crippen LogP contribution in [0.4, 0.5) is 10.5 Å². The molecule has 0 heterocycles. The van der Waals surface area contributed by atoms with Crippen LogP contribution in [0, 0.1) is 0 Å². The fourth-order valence-corrected chi connectivity index (χ4v) is 2.16. The van der Waals surface area contributed by atoms with Gasteiger partial charge < -0.3 is 20.5 Å². The monoisotopic (exact) mass is 326 g/mol. The van der Waals surface area contributed by atoms with Gasteiger partial charge in [-0.3, -0.25) is 0 Å². The van der Waals surface area contributed by atoms with Crippen LogP contribution in [0.1, 0.15) is 5.56 Å². The van der Waals surface area contributed by atoms with Crippen LogP contribution in [0.5, 0.6) is 5.75 Å². The molecule has 1 unspecified atom stereocenters. The van der Waals surface area contributed by atoms with Crippen molar-refractivity contribution in [3.05, 3.63) is 72.8 Å². The van der Waals surface area contributed by atoms with Gasteiger partial charge in [0.25, 0.3) is 0 Å². The minimum absolute atomic E-state index is 0.174. The average Bonchev–Trinajstić information content (AvgIpc) is 2.59. The normalized spacial score (nSPS) is 11.4. The van der Waals surface area contributed by atoms with E-state index in [0.717, 1.165) is 5.56 Å². The van der Waals surface area contributed by atoms with Crippen LogP contribution < -0.4 is 15.4 Å². The van der Waals surface area contributed by atoms with E-state index >= 15 is 0 Å². The topological polar surface area (TPSA) is 70.6 Å². The Morgan fingerprint density at radius 3 is 2.75 bits per heavy atom. The van der Waals surface area contributed by atoms with E-state index in [-0.39, 0.29) is 12.6 Å². The number of carbonyl (C=O) groups is 1. The molecule has 2 aromatic rings. The van der Waals surface area contributed by atoms with Gasteiger partial charge in [0.2, 0.25) is 0 Å². The zero-order valence-electron chi connectivity index (χ0n) is 13.4. The van der Waals surface area contributed by atoms with E-state index in [1.165, 1.54) is 0 Å². The molecule has 0 spiro atoms. The lowest BCUT2D eigenvalue weighted by molar-refractivity contribution is 0.172. The zero-order valence-corrected chi connectivity index (χ0v) is 13.4. The largest absolute Gasteiger partial charge is 0.489 e. The molecule has 0 saturated carbocycles. The standard InChI is InChI=1S/C19H22N2O3/c1-2-11-24-18-10-6-9-16(13-18)21-19(23)20-14-17(22)12-15-7-4-3-5-8-15/h2-10,13,17,22H,1,11-12,14H2,(H2,20,21,23). The molecule has 126 valence electrons. The van der Waals surface area contributed by atoms with E-state index in [2.05, 4.69) is 17.2 Å². The fourth-order valence-electron chi connectivity index (χ4n) is 2.16. The SMILES string of the molecule is C=CCOc1cccc(NC(=O)NCC(O)Cc2ccccc2)c1. The van der Waals surface area contributed by atoms with Gasteiger partial charge in [-0.15, -0.1) is 0 Å². The van der Waals surface area contributed by atoms with Gasteiger partial charge in [-0.25, -0.2) is 4.79 Å². The number of carbonyl (C=O) groups excluding carboxylic acids is 1. The molecule has 0 saturated heterocycles. The molecule has 3 N–H and O–H groups in total. The first-order chi connectivity index (χ1) is 11.7. The number of nitrogens with one attached hydrogen (secondary N) is 2. The Morgan fingerprint density at radius 1 is 1.21 bits per heavy atom. The van der Waals surface area contributed by atoms with Gasteiger partial charge in [-0.2, -0.15) is 0 Å². The predicted molar refractivity (Wildman–Crippen MR) is 95.3 cm³/mol. The van der Waals surface area contributed by atoms with Crippen LogP contribution in [-0.2, 0) is 6.42 Å². The molecule has 0 aliphatic carbocycles. The van der Waals surface area contributed by atoms with E-state index in [4.69, 9.17) is 4.74 Å². The molecule has 0 aromatic heterocycles. The average molecular weight is 326 g/mol. The maximum absolute atomic E-state index is 11.9. The second-order valence-electron chi connectivity index (χ2n) is 5.31. The lowest BCUT2D eigenvalue weighted by atomic mass is 10.1. The summed E-state index contributed by atoms with van der Waals surface area (Å²) in [6.45, 7) is 4.17. The summed E-state index contributed by atoms with van der Waals surface area (Å²) < 4.78 is 5.41. The number of anilines is 1. The summed E-state index contributed by atoms with van der Waals surface area (Å²) >= 11 is 0. The van der Waals surface area contributed by atoms with Crippen LogP contribution in [0.3, 0.4) is 0 Å². The Balaban J connectivity index is 1.77. The van der Waals surface area contributed by atoms with E-state index in [0.29, 0.717) is 24.5 Å². The van der Waals surface area contributed by atoms with Crippen molar-refractivity contribution in [2.75, 3.05) is 18.5 Å².